The molecule has 0 aliphatic heterocycles. The van der Waals surface area contributed by atoms with Gasteiger partial charge in [0.15, 0.2) is 0 Å². The molecule has 0 saturated carbocycles. The summed E-state index contributed by atoms with van der Waals surface area (Å²) in [6.45, 7) is 3.29. The van der Waals surface area contributed by atoms with E-state index in [1.165, 1.54) is 17.0 Å². The van der Waals surface area contributed by atoms with Crippen LogP contribution in [0.15, 0.2) is 12.1 Å². The molecule has 0 aliphatic rings. The summed E-state index contributed by atoms with van der Waals surface area (Å²) < 4.78 is 0. The monoisotopic (exact) mass is 352 g/mol. The molecule has 0 radical (unpaired) electrons. The lowest BCUT2D eigenvalue weighted by Crippen LogP contribution is -2.41. The topological polar surface area (TPSA) is 69.6 Å². The average molecular weight is 354 g/mol. The van der Waals surface area contributed by atoms with Crippen LogP contribution in [0.25, 0.3) is 0 Å². The molecule has 116 valence electrons. The summed E-state index contributed by atoms with van der Waals surface area (Å²) in [5.41, 5.74) is 0.256. The van der Waals surface area contributed by atoms with Gasteiger partial charge in [0.25, 0.3) is 0 Å². The molecule has 0 bridgehead atoms. The Balaban J connectivity index is 2.79. The van der Waals surface area contributed by atoms with Gasteiger partial charge in [-0.3, -0.25) is 14.5 Å². The maximum Gasteiger partial charge on any atom is 0.317 e. The van der Waals surface area contributed by atoms with Gasteiger partial charge in [-0.05, 0) is 26.0 Å². The molecule has 0 fully saturated rings. The van der Waals surface area contributed by atoms with Crippen molar-refractivity contribution in [2.24, 2.45) is 0 Å². The van der Waals surface area contributed by atoms with Crippen LogP contribution in [0.4, 0.5) is 5.69 Å². The van der Waals surface area contributed by atoms with Gasteiger partial charge in [0.1, 0.15) is 0 Å². The van der Waals surface area contributed by atoms with Crippen molar-refractivity contribution in [3.8, 4) is 0 Å². The molecular formula is C13H15Cl3N2O3. The van der Waals surface area contributed by atoms with Crippen molar-refractivity contribution in [2.75, 3.05) is 18.4 Å². The number of benzene rings is 1. The molecule has 5 nitrogen and oxygen atoms in total. The summed E-state index contributed by atoms with van der Waals surface area (Å²) in [7, 11) is 0. The van der Waals surface area contributed by atoms with Crippen LogP contribution < -0.4 is 5.32 Å². The molecule has 2 N–H and O–H groups in total. The summed E-state index contributed by atoms with van der Waals surface area (Å²) in [6.07, 6.45) is 0. The highest BCUT2D eigenvalue weighted by Crippen LogP contribution is 2.33. The second-order valence-electron chi connectivity index (χ2n) is 4.69. The van der Waals surface area contributed by atoms with E-state index in [-0.39, 0.29) is 34.9 Å². The number of halogens is 3. The standard InChI is InChI=1S/C13H15Cl3N2O3/c1-7(2)18(6-12(20)21)5-11(19)17-13-9(15)3-8(14)4-10(13)16/h3-4,7H,5-6H2,1-2H3,(H,17,19)(H,20,21). The smallest absolute Gasteiger partial charge is 0.317 e. The minimum atomic E-state index is -1.00. The van der Waals surface area contributed by atoms with E-state index in [0.29, 0.717) is 5.02 Å². The van der Waals surface area contributed by atoms with Crippen molar-refractivity contribution < 1.29 is 14.7 Å². The van der Waals surface area contributed by atoms with Crippen LogP contribution in [-0.4, -0.2) is 41.0 Å². The molecule has 0 saturated heterocycles. The second kappa shape index (κ2) is 7.84. The molecule has 0 heterocycles. The fraction of sp³-hybridized carbons (Fsp3) is 0.385. The van der Waals surface area contributed by atoms with E-state index < -0.39 is 11.9 Å². The third-order valence-corrected chi connectivity index (χ3v) is 3.50. The number of rotatable bonds is 6. The molecule has 0 atom stereocenters. The van der Waals surface area contributed by atoms with Crippen LogP contribution in [0, 0.1) is 0 Å². The normalized spacial score (nSPS) is 11.0. The number of aliphatic carboxylic acids is 1. The predicted molar refractivity (Wildman–Crippen MR) is 84.4 cm³/mol. The van der Waals surface area contributed by atoms with E-state index in [0.717, 1.165) is 0 Å². The lowest BCUT2D eigenvalue weighted by atomic mass is 10.3. The first kappa shape index (κ1) is 18.0. The Morgan fingerprint density at radius 3 is 2.14 bits per heavy atom. The zero-order valence-corrected chi connectivity index (χ0v) is 13.8. The SMILES string of the molecule is CC(C)N(CC(=O)O)CC(=O)Nc1c(Cl)cc(Cl)cc1Cl. The zero-order valence-electron chi connectivity index (χ0n) is 11.5. The second-order valence-corrected chi connectivity index (χ2v) is 5.94. The van der Waals surface area contributed by atoms with Crippen LogP contribution in [0.1, 0.15) is 13.8 Å². The fourth-order valence-electron chi connectivity index (χ4n) is 1.62. The summed E-state index contributed by atoms with van der Waals surface area (Å²) in [5, 5.41) is 12.2. The van der Waals surface area contributed by atoms with Gasteiger partial charge in [0, 0.05) is 11.1 Å². The Labute approximate surface area is 137 Å². The third-order valence-electron chi connectivity index (χ3n) is 2.69. The summed E-state index contributed by atoms with van der Waals surface area (Å²) in [4.78, 5) is 24.3. The van der Waals surface area contributed by atoms with Crippen LogP contribution in [-0.2, 0) is 9.59 Å². The molecule has 1 rings (SSSR count). The number of carbonyl (C=O) groups excluding carboxylic acids is 1. The van der Waals surface area contributed by atoms with Gasteiger partial charge < -0.3 is 10.4 Å². The fourth-order valence-corrected chi connectivity index (χ4v) is 2.53. The van der Waals surface area contributed by atoms with E-state index in [1.807, 2.05) is 0 Å². The van der Waals surface area contributed by atoms with Gasteiger partial charge >= 0.3 is 5.97 Å². The van der Waals surface area contributed by atoms with Gasteiger partial charge in [-0.15, -0.1) is 0 Å². The van der Waals surface area contributed by atoms with Gasteiger partial charge in [-0.1, -0.05) is 34.8 Å². The number of carboxylic acid groups (broad SMARTS) is 1. The van der Waals surface area contributed by atoms with E-state index in [2.05, 4.69) is 5.32 Å². The molecule has 0 unspecified atom stereocenters. The Morgan fingerprint density at radius 1 is 1.19 bits per heavy atom. The predicted octanol–water partition coefficient (Wildman–Crippen LogP) is 3.38. The largest absolute Gasteiger partial charge is 0.480 e. The van der Waals surface area contributed by atoms with E-state index >= 15 is 0 Å². The molecule has 1 amide bonds. The molecule has 0 aromatic heterocycles. The Bertz CT molecular complexity index is 526. The Hall–Kier alpha value is -1.01. The Kier molecular flexibility index (Phi) is 6.74. The van der Waals surface area contributed by atoms with Crippen molar-refractivity contribution in [3.63, 3.8) is 0 Å². The van der Waals surface area contributed by atoms with Crippen molar-refractivity contribution in [2.45, 2.75) is 19.9 Å². The molecule has 8 heteroatoms. The molecule has 1 aromatic carbocycles. The minimum absolute atomic E-state index is 0.0841. The highest BCUT2D eigenvalue weighted by Gasteiger charge is 2.18. The number of anilines is 1. The van der Waals surface area contributed by atoms with Gasteiger partial charge in [0.2, 0.25) is 5.91 Å². The minimum Gasteiger partial charge on any atom is -0.480 e. The van der Waals surface area contributed by atoms with Gasteiger partial charge in [-0.25, -0.2) is 0 Å². The Morgan fingerprint density at radius 2 is 1.71 bits per heavy atom. The number of carbonyl (C=O) groups is 2. The number of hydrogen-bond acceptors (Lipinski definition) is 3. The molecule has 21 heavy (non-hydrogen) atoms. The van der Waals surface area contributed by atoms with Crippen molar-refractivity contribution in [1.29, 1.82) is 0 Å². The number of hydrogen-bond donors (Lipinski definition) is 2. The highest BCUT2D eigenvalue weighted by molar-refractivity contribution is 6.42. The van der Waals surface area contributed by atoms with E-state index in [9.17, 15) is 9.59 Å². The van der Waals surface area contributed by atoms with Gasteiger partial charge in [0.05, 0.1) is 28.8 Å². The van der Waals surface area contributed by atoms with Crippen LogP contribution >= 0.6 is 34.8 Å². The van der Waals surface area contributed by atoms with E-state index in [1.54, 1.807) is 13.8 Å². The van der Waals surface area contributed by atoms with Gasteiger partial charge in [-0.2, -0.15) is 0 Å². The first-order valence-corrected chi connectivity index (χ1v) is 7.24. The quantitative estimate of drug-likeness (QED) is 0.822. The maximum absolute atomic E-state index is 12.0. The number of carboxylic acids is 1. The zero-order chi connectivity index (χ0) is 16.2. The summed E-state index contributed by atoms with van der Waals surface area (Å²) in [6, 6.07) is 2.83. The van der Waals surface area contributed by atoms with Crippen LogP contribution in [0.3, 0.4) is 0 Å². The van der Waals surface area contributed by atoms with Crippen molar-refractivity contribution >= 4 is 52.4 Å². The lowest BCUT2D eigenvalue weighted by Gasteiger charge is -2.23. The molecule has 1 aromatic rings. The third kappa shape index (κ3) is 5.71. The highest BCUT2D eigenvalue weighted by atomic mass is 35.5. The van der Waals surface area contributed by atoms with E-state index in [4.69, 9.17) is 39.9 Å². The van der Waals surface area contributed by atoms with Crippen LogP contribution in [0.5, 0.6) is 0 Å². The summed E-state index contributed by atoms with van der Waals surface area (Å²) >= 11 is 17.7. The summed E-state index contributed by atoms with van der Waals surface area (Å²) in [5.74, 6) is -1.41. The first-order valence-electron chi connectivity index (χ1n) is 6.11. The molecule has 0 spiro atoms. The molecule has 0 aliphatic carbocycles. The van der Waals surface area contributed by atoms with Crippen molar-refractivity contribution in [1.82, 2.24) is 4.90 Å². The first-order chi connectivity index (χ1) is 9.70. The lowest BCUT2D eigenvalue weighted by molar-refractivity contribution is -0.139. The van der Waals surface area contributed by atoms with Crippen molar-refractivity contribution in [3.05, 3.63) is 27.2 Å². The molecular weight excluding hydrogens is 339 g/mol. The number of nitrogens with one attached hydrogen (secondary N) is 1. The number of amides is 1. The van der Waals surface area contributed by atoms with Crippen LogP contribution in [0.2, 0.25) is 15.1 Å². The maximum atomic E-state index is 12.0. The average Bonchev–Trinajstić information content (AvgIpc) is 2.32. The number of nitrogens with zero attached hydrogens (tertiary/aromatic N) is 1.